The first-order valence-corrected chi connectivity index (χ1v) is 6.15. The van der Waals surface area contributed by atoms with E-state index < -0.39 is 9.84 Å². The molecule has 14 heavy (non-hydrogen) atoms. The lowest BCUT2D eigenvalue weighted by Crippen LogP contribution is -2.31. The summed E-state index contributed by atoms with van der Waals surface area (Å²) in [5.41, 5.74) is 1.81. The number of benzene rings is 1. The van der Waals surface area contributed by atoms with E-state index in [9.17, 15) is 8.42 Å². The molecular formula is C10H13NO2S. The van der Waals surface area contributed by atoms with Crippen LogP contribution in [0.5, 0.6) is 0 Å². The molecule has 4 heteroatoms. The molecule has 2 rings (SSSR count). The molecule has 0 amide bonds. The Morgan fingerprint density at radius 2 is 2.14 bits per heavy atom. The van der Waals surface area contributed by atoms with Crippen molar-refractivity contribution in [3.05, 3.63) is 23.8 Å². The van der Waals surface area contributed by atoms with Crippen LogP contribution < -0.4 is 5.32 Å². The van der Waals surface area contributed by atoms with E-state index in [0.29, 0.717) is 11.4 Å². The molecule has 1 aromatic carbocycles. The van der Waals surface area contributed by atoms with Gasteiger partial charge in [0.25, 0.3) is 0 Å². The fraction of sp³-hybridized carbons (Fsp3) is 0.400. The van der Waals surface area contributed by atoms with Crippen molar-refractivity contribution in [3.63, 3.8) is 0 Å². The highest BCUT2D eigenvalue weighted by atomic mass is 32.2. The second-order valence-electron chi connectivity index (χ2n) is 3.74. The van der Waals surface area contributed by atoms with Crippen LogP contribution in [0, 0.1) is 6.92 Å². The standard InChI is InChI=1S/C10H13NO2S/c1-7-3-4-10-9(5-7)11-6-8(2)14(10,12)13/h3-5,8,11H,6H2,1-2H3. The van der Waals surface area contributed by atoms with Gasteiger partial charge in [0.05, 0.1) is 15.8 Å². The first kappa shape index (κ1) is 9.52. The Kier molecular flexibility index (Phi) is 2.03. The normalized spacial score (nSPS) is 23.7. The largest absolute Gasteiger partial charge is 0.383 e. The second-order valence-corrected chi connectivity index (χ2v) is 6.07. The zero-order chi connectivity index (χ0) is 10.3. The van der Waals surface area contributed by atoms with Crippen LogP contribution >= 0.6 is 0 Å². The van der Waals surface area contributed by atoms with Gasteiger partial charge in [-0.15, -0.1) is 0 Å². The van der Waals surface area contributed by atoms with E-state index in [1.165, 1.54) is 0 Å². The third-order valence-electron chi connectivity index (χ3n) is 2.55. The van der Waals surface area contributed by atoms with Crippen LogP contribution in [0.25, 0.3) is 0 Å². The van der Waals surface area contributed by atoms with Gasteiger partial charge in [-0.1, -0.05) is 6.07 Å². The quantitative estimate of drug-likeness (QED) is 0.708. The molecule has 1 N–H and O–H groups in total. The summed E-state index contributed by atoms with van der Waals surface area (Å²) in [6, 6.07) is 5.39. The van der Waals surface area contributed by atoms with Crippen LogP contribution in [-0.4, -0.2) is 20.2 Å². The monoisotopic (exact) mass is 211 g/mol. The van der Waals surface area contributed by atoms with Gasteiger partial charge >= 0.3 is 0 Å². The van der Waals surface area contributed by atoms with Gasteiger partial charge in [0.1, 0.15) is 0 Å². The van der Waals surface area contributed by atoms with Gasteiger partial charge in [0.2, 0.25) is 0 Å². The Balaban J connectivity index is 2.65. The summed E-state index contributed by atoms with van der Waals surface area (Å²) in [5.74, 6) is 0. The molecule has 0 saturated carbocycles. The second kappa shape index (κ2) is 2.98. The zero-order valence-corrected chi connectivity index (χ0v) is 9.06. The van der Waals surface area contributed by atoms with E-state index in [-0.39, 0.29) is 5.25 Å². The number of sulfone groups is 1. The lowest BCUT2D eigenvalue weighted by molar-refractivity contribution is 0.582. The first-order valence-electron chi connectivity index (χ1n) is 4.60. The number of nitrogens with one attached hydrogen (secondary N) is 1. The topological polar surface area (TPSA) is 46.2 Å². The van der Waals surface area contributed by atoms with Gasteiger partial charge in [0.15, 0.2) is 9.84 Å². The highest BCUT2D eigenvalue weighted by Crippen LogP contribution is 2.29. The van der Waals surface area contributed by atoms with Crippen molar-refractivity contribution in [2.24, 2.45) is 0 Å². The van der Waals surface area contributed by atoms with Crippen LogP contribution in [0.2, 0.25) is 0 Å². The van der Waals surface area contributed by atoms with Crippen LogP contribution in [0.3, 0.4) is 0 Å². The first-order chi connectivity index (χ1) is 6.51. The molecule has 1 heterocycles. The lowest BCUT2D eigenvalue weighted by atomic mass is 10.2. The van der Waals surface area contributed by atoms with Crippen molar-refractivity contribution >= 4 is 15.5 Å². The minimum Gasteiger partial charge on any atom is -0.383 e. The van der Waals surface area contributed by atoms with Gasteiger partial charge < -0.3 is 5.32 Å². The van der Waals surface area contributed by atoms with Crippen LogP contribution in [0.1, 0.15) is 12.5 Å². The maximum atomic E-state index is 11.9. The lowest BCUT2D eigenvalue weighted by Gasteiger charge is -2.23. The number of rotatable bonds is 0. The molecule has 0 bridgehead atoms. The molecule has 1 atom stereocenters. The molecule has 76 valence electrons. The number of hydrogen-bond donors (Lipinski definition) is 1. The number of aryl methyl sites for hydroxylation is 1. The average molecular weight is 211 g/mol. The molecule has 0 spiro atoms. The summed E-state index contributed by atoms with van der Waals surface area (Å²) in [7, 11) is -3.10. The van der Waals surface area contributed by atoms with Crippen molar-refractivity contribution in [2.75, 3.05) is 11.9 Å². The van der Waals surface area contributed by atoms with E-state index in [1.54, 1.807) is 13.0 Å². The summed E-state index contributed by atoms with van der Waals surface area (Å²) in [5, 5.41) is 2.79. The zero-order valence-electron chi connectivity index (χ0n) is 8.24. The maximum Gasteiger partial charge on any atom is 0.184 e. The molecule has 3 nitrogen and oxygen atoms in total. The summed E-state index contributed by atoms with van der Waals surface area (Å²) in [6.07, 6.45) is 0. The smallest absolute Gasteiger partial charge is 0.184 e. The SMILES string of the molecule is Cc1ccc2c(c1)NCC(C)S2(=O)=O. The van der Waals surface area contributed by atoms with Crippen molar-refractivity contribution in [1.29, 1.82) is 0 Å². The van der Waals surface area contributed by atoms with Crippen molar-refractivity contribution in [1.82, 2.24) is 0 Å². The summed E-state index contributed by atoms with van der Waals surface area (Å²) in [4.78, 5) is 0.432. The van der Waals surface area contributed by atoms with Crippen molar-refractivity contribution < 1.29 is 8.42 Å². The molecule has 0 aromatic heterocycles. The Hall–Kier alpha value is -1.03. The number of hydrogen-bond acceptors (Lipinski definition) is 3. The average Bonchev–Trinajstić information content (AvgIpc) is 2.12. The van der Waals surface area contributed by atoms with Gasteiger partial charge in [-0.2, -0.15) is 0 Å². The Morgan fingerprint density at radius 3 is 2.86 bits per heavy atom. The molecule has 1 aromatic rings. The predicted octanol–water partition coefficient (Wildman–Crippen LogP) is 1.58. The maximum absolute atomic E-state index is 11.9. The van der Waals surface area contributed by atoms with E-state index >= 15 is 0 Å². The molecule has 0 saturated heterocycles. The van der Waals surface area contributed by atoms with E-state index in [4.69, 9.17) is 0 Å². The van der Waals surface area contributed by atoms with E-state index in [0.717, 1.165) is 11.3 Å². The highest BCUT2D eigenvalue weighted by Gasteiger charge is 2.29. The molecular weight excluding hydrogens is 198 g/mol. The van der Waals surface area contributed by atoms with Gasteiger partial charge in [-0.25, -0.2) is 8.42 Å². The highest BCUT2D eigenvalue weighted by molar-refractivity contribution is 7.92. The number of fused-ring (bicyclic) bond motifs is 1. The van der Waals surface area contributed by atoms with Gasteiger partial charge in [-0.3, -0.25) is 0 Å². The van der Waals surface area contributed by atoms with Crippen LogP contribution in [0.15, 0.2) is 23.1 Å². The third-order valence-corrected chi connectivity index (χ3v) is 4.75. The third kappa shape index (κ3) is 1.30. The molecule has 1 aliphatic heterocycles. The summed E-state index contributed by atoms with van der Waals surface area (Å²) in [6.45, 7) is 4.18. The van der Waals surface area contributed by atoms with Crippen LogP contribution in [-0.2, 0) is 9.84 Å². The summed E-state index contributed by atoms with van der Waals surface area (Å²) < 4.78 is 23.8. The molecule has 0 radical (unpaired) electrons. The molecule has 0 fully saturated rings. The predicted molar refractivity (Wildman–Crippen MR) is 56.3 cm³/mol. The van der Waals surface area contributed by atoms with Crippen LogP contribution in [0.4, 0.5) is 5.69 Å². The molecule has 1 aliphatic rings. The van der Waals surface area contributed by atoms with Crippen molar-refractivity contribution in [2.45, 2.75) is 24.0 Å². The Labute approximate surface area is 84.1 Å². The minimum absolute atomic E-state index is 0.335. The van der Waals surface area contributed by atoms with Gasteiger partial charge in [0, 0.05) is 6.54 Å². The fourth-order valence-corrected chi connectivity index (χ4v) is 3.04. The minimum atomic E-state index is -3.10. The Morgan fingerprint density at radius 1 is 1.43 bits per heavy atom. The van der Waals surface area contributed by atoms with Gasteiger partial charge in [-0.05, 0) is 31.5 Å². The fourth-order valence-electron chi connectivity index (χ4n) is 1.61. The Bertz CT molecular complexity index is 465. The number of anilines is 1. The summed E-state index contributed by atoms with van der Waals surface area (Å²) >= 11 is 0. The molecule has 1 unspecified atom stereocenters. The molecule has 0 aliphatic carbocycles. The van der Waals surface area contributed by atoms with E-state index in [1.807, 2.05) is 19.1 Å². The van der Waals surface area contributed by atoms with Crippen molar-refractivity contribution in [3.8, 4) is 0 Å². The van der Waals surface area contributed by atoms with E-state index in [2.05, 4.69) is 5.32 Å².